The lowest BCUT2D eigenvalue weighted by molar-refractivity contribution is -0.142. The molecule has 2 heterocycles. The van der Waals surface area contributed by atoms with Crippen LogP contribution in [0.15, 0.2) is 48.6 Å². The molecule has 4 unspecified atom stereocenters. The fraction of sp³-hybridized carbons (Fsp3) is 0.417. The van der Waals surface area contributed by atoms with Crippen LogP contribution in [-0.2, 0) is 32.3 Å². The van der Waals surface area contributed by atoms with Gasteiger partial charge in [0.25, 0.3) is 0 Å². The minimum atomic E-state index is -0.234. The molecule has 30 heavy (non-hydrogen) atoms. The summed E-state index contributed by atoms with van der Waals surface area (Å²) < 4.78 is 0. The van der Waals surface area contributed by atoms with Gasteiger partial charge in [-0.2, -0.15) is 0 Å². The highest BCUT2D eigenvalue weighted by Gasteiger charge is 2.48. The van der Waals surface area contributed by atoms with Crippen molar-refractivity contribution in [2.75, 3.05) is 0 Å². The molecule has 4 amide bonds. The van der Waals surface area contributed by atoms with E-state index >= 15 is 0 Å². The van der Waals surface area contributed by atoms with Crippen LogP contribution in [0.3, 0.4) is 0 Å². The Morgan fingerprint density at radius 2 is 0.933 bits per heavy atom. The molecule has 2 aliphatic carbocycles. The minimum Gasteiger partial charge on any atom is -0.278 e. The highest BCUT2D eigenvalue weighted by Crippen LogP contribution is 2.37. The maximum absolute atomic E-state index is 12.7. The second kappa shape index (κ2) is 7.35. The van der Waals surface area contributed by atoms with Crippen LogP contribution < -0.4 is 0 Å². The Hall–Kier alpha value is -3.02. The molecular weight excluding hydrogens is 380 g/mol. The van der Waals surface area contributed by atoms with Crippen LogP contribution in [0.4, 0.5) is 0 Å². The summed E-state index contributed by atoms with van der Waals surface area (Å²) in [6.45, 7) is 0.463. The van der Waals surface area contributed by atoms with Crippen LogP contribution >= 0.6 is 0 Å². The van der Waals surface area contributed by atoms with Gasteiger partial charge in [-0.1, -0.05) is 48.6 Å². The lowest BCUT2D eigenvalue weighted by atomic mass is 9.85. The molecule has 154 valence electrons. The summed E-state index contributed by atoms with van der Waals surface area (Å²) >= 11 is 0. The van der Waals surface area contributed by atoms with Gasteiger partial charge in [0, 0.05) is 0 Å². The summed E-state index contributed by atoms with van der Waals surface area (Å²) in [5, 5.41) is 0. The molecule has 6 heteroatoms. The molecule has 0 aromatic heterocycles. The van der Waals surface area contributed by atoms with Gasteiger partial charge < -0.3 is 0 Å². The van der Waals surface area contributed by atoms with Crippen molar-refractivity contribution in [3.05, 3.63) is 59.7 Å². The highest BCUT2D eigenvalue weighted by molar-refractivity contribution is 6.06. The number of rotatable bonds is 4. The number of allylic oxidation sites excluding steroid dienone is 4. The van der Waals surface area contributed by atoms with Gasteiger partial charge in [0.2, 0.25) is 23.6 Å². The van der Waals surface area contributed by atoms with E-state index in [1.54, 1.807) is 0 Å². The number of nitrogens with zero attached hydrogens (tertiary/aromatic N) is 2. The minimum absolute atomic E-state index is 0.0961. The monoisotopic (exact) mass is 404 g/mol. The molecule has 2 saturated heterocycles. The molecule has 0 bridgehead atoms. The van der Waals surface area contributed by atoms with Crippen LogP contribution in [-0.4, -0.2) is 33.4 Å². The number of carbonyl (C=O) groups is 4. The zero-order valence-electron chi connectivity index (χ0n) is 16.7. The van der Waals surface area contributed by atoms with Gasteiger partial charge in [0.15, 0.2) is 0 Å². The van der Waals surface area contributed by atoms with Crippen molar-refractivity contribution in [3.63, 3.8) is 0 Å². The Morgan fingerprint density at radius 3 is 1.27 bits per heavy atom. The third-order valence-corrected chi connectivity index (χ3v) is 6.87. The van der Waals surface area contributed by atoms with Crippen molar-refractivity contribution in [2.45, 2.75) is 38.8 Å². The smallest absolute Gasteiger partial charge is 0.233 e. The normalized spacial score (nSPS) is 30.3. The van der Waals surface area contributed by atoms with E-state index < -0.39 is 0 Å². The van der Waals surface area contributed by atoms with E-state index in [4.69, 9.17) is 0 Å². The van der Waals surface area contributed by atoms with Crippen LogP contribution in [0.1, 0.15) is 36.8 Å². The van der Waals surface area contributed by atoms with E-state index in [2.05, 4.69) is 0 Å². The van der Waals surface area contributed by atoms with Crippen molar-refractivity contribution in [1.29, 1.82) is 0 Å². The number of benzene rings is 1. The fourth-order valence-electron chi connectivity index (χ4n) is 5.24. The van der Waals surface area contributed by atoms with E-state index in [1.165, 1.54) is 9.80 Å². The zero-order valence-corrected chi connectivity index (χ0v) is 16.7. The lowest BCUT2D eigenvalue weighted by Crippen LogP contribution is -2.31. The molecule has 0 spiro atoms. The second-order valence-electron chi connectivity index (χ2n) is 8.66. The van der Waals surface area contributed by atoms with Gasteiger partial charge in [0.1, 0.15) is 0 Å². The molecule has 4 atom stereocenters. The van der Waals surface area contributed by atoms with Crippen molar-refractivity contribution in [2.24, 2.45) is 23.7 Å². The molecule has 4 aliphatic rings. The SMILES string of the molecule is O=C1C2CC=CCC2C(=O)N1Cc1cccc(CN2C(=O)C3CC=CCC3C2=O)c1. The maximum atomic E-state index is 12.7. The number of imide groups is 2. The first-order chi connectivity index (χ1) is 14.5. The van der Waals surface area contributed by atoms with Gasteiger partial charge in [-0.05, 0) is 36.8 Å². The summed E-state index contributed by atoms with van der Waals surface area (Å²) in [6.07, 6.45) is 10.4. The van der Waals surface area contributed by atoms with E-state index in [0.29, 0.717) is 25.7 Å². The summed E-state index contributed by atoms with van der Waals surface area (Å²) in [7, 11) is 0. The van der Waals surface area contributed by atoms with Crippen LogP contribution in [0.2, 0.25) is 0 Å². The Balaban J connectivity index is 1.31. The predicted octanol–water partition coefficient (Wildman–Crippen LogP) is 2.59. The Kier molecular flexibility index (Phi) is 4.65. The number of fused-ring (bicyclic) bond motifs is 2. The van der Waals surface area contributed by atoms with Gasteiger partial charge in [-0.25, -0.2) is 0 Å². The Bertz CT molecular complexity index is 867. The number of hydrogen-bond acceptors (Lipinski definition) is 4. The zero-order chi connectivity index (χ0) is 20.8. The van der Waals surface area contributed by atoms with Crippen molar-refractivity contribution >= 4 is 23.6 Å². The van der Waals surface area contributed by atoms with E-state index in [-0.39, 0.29) is 60.4 Å². The van der Waals surface area contributed by atoms with Crippen molar-refractivity contribution in [3.8, 4) is 0 Å². The molecule has 0 N–H and O–H groups in total. The van der Waals surface area contributed by atoms with Crippen LogP contribution in [0.25, 0.3) is 0 Å². The van der Waals surface area contributed by atoms with E-state index in [1.807, 2.05) is 48.6 Å². The number of likely N-dealkylation sites (tertiary alicyclic amines) is 2. The molecule has 1 aromatic carbocycles. The van der Waals surface area contributed by atoms with Crippen molar-refractivity contribution < 1.29 is 19.2 Å². The third-order valence-electron chi connectivity index (χ3n) is 6.87. The average Bonchev–Trinajstić information content (AvgIpc) is 3.15. The second-order valence-corrected chi connectivity index (χ2v) is 8.66. The summed E-state index contributed by atoms with van der Waals surface area (Å²) in [4.78, 5) is 53.6. The molecule has 0 radical (unpaired) electrons. The molecule has 1 aromatic rings. The maximum Gasteiger partial charge on any atom is 0.233 e. The van der Waals surface area contributed by atoms with E-state index in [0.717, 1.165) is 11.1 Å². The summed E-state index contributed by atoms with van der Waals surface area (Å²) in [6, 6.07) is 7.49. The largest absolute Gasteiger partial charge is 0.278 e. The first-order valence-corrected chi connectivity index (χ1v) is 10.6. The summed E-state index contributed by atoms with van der Waals surface area (Å²) in [5.41, 5.74) is 1.66. The van der Waals surface area contributed by atoms with Gasteiger partial charge >= 0.3 is 0 Å². The quantitative estimate of drug-likeness (QED) is 0.571. The number of amides is 4. The average molecular weight is 404 g/mol. The van der Waals surface area contributed by atoms with Crippen molar-refractivity contribution in [1.82, 2.24) is 9.80 Å². The molecule has 5 rings (SSSR count). The Labute approximate surface area is 175 Å². The first kappa shape index (κ1) is 19.0. The Morgan fingerprint density at radius 1 is 0.600 bits per heavy atom. The fourth-order valence-corrected chi connectivity index (χ4v) is 5.24. The molecule has 2 fully saturated rings. The summed E-state index contributed by atoms with van der Waals surface area (Å²) in [5.74, 6) is -1.32. The molecule has 6 nitrogen and oxygen atoms in total. The standard InChI is InChI=1S/C24H24N2O4/c27-21-17-8-1-2-9-18(17)22(28)25(21)13-15-6-5-7-16(12-15)14-26-23(29)19-10-3-4-11-20(19)24(26)30/h1-7,12,17-20H,8-11,13-14H2. The van der Waals surface area contributed by atoms with Gasteiger partial charge in [-0.15, -0.1) is 0 Å². The topological polar surface area (TPSA) is 74.8 Å². The van der Waals surface area contributed by atoms with Crippen LogP contribution in [0.5, 0.6) is 0 Å². The third kappa shape index (κ3) is 3.02. The predicted molar refractivity (Wildman–Crippen MR) is 108 cm³/mol. The van der Waals surface area contributed by atoms with Gasteiger partial charge in [-0.3, -0.25) is 29.0 Å². The van der Waals surface area contributed by atoms with Gasteiger partial charge in [0.05, 0.1) is 36.8 Å². The highest BCUT2D eigenvalue weighted by atomic mass is 16.2. The van der Waals surface area contributed by atoms with Crippen LogP contribution in [0, 0.1) is 23.7 Å². The first-order valence-electron chi connectivity index (χ1n) is 10.6. The number of carbonyl (C=O) groups excluding carboxylic acids is 4. The lowest BCUT2D eigenvalue weighted by Gasteiger charge is -2.18. The van der Waals surface area contributed by atoms with E-state index in [9.17, 15) is 19.2 Å². The molecular formula is C24H24N2O4. The number of hydrogen-bond donors (Lipinski definition) is 0. The molecule has 0 saturated carbocycles. The molecule has 2 aliphatic heterocycles.